The Hall–Kier alpha value is -1.43. The van der Waals surface area contributed by atoms with Crippen LogP contribution >= 0.6 is 7.82 Å². The van der Waals surface area contributed by atoms with Gasteiger partial charge < -0.3 is 74.2 Å². The van der Waals surface area contributed by atoms with Gasteiger partial charge in [0.2, 0.25) is 0 Å². The van der Waals surface area contributed by atoms with Crippen molar-refractivity contribution in [3.8, 4) is 0 Å². The zero-order valence-electron chi connectivity index (χ0n) is 45.1. The summed E-state index contributed by atoms with van der Waals surface area (Å²) in [5.74, 6) is -1.16. The largest absolute Gasteiger partial charge is 0.472 e. The van der Waals surface area contributed by atoms with E-state index in [9.17, 15) is 59.9 Å². The molecule has 0 spiro atoms. The molecule has 20 nitrogen and oxygen atoms in total. The molecule has 2 fully saturated rings. The van der Waals surface area contributed by atoms with Gasteiger partial charge in [-0.05, 0) is 12.8 Å². The van der Waals surface area contributed by atoms with E-state index in [0.29, 0.717) is 12.8 Å². The zero-order chi connectivity index (χ0) is 54.4. The minimum Gasteiger partial charge on any atom is -0.462 e. The molecule has 0 aliphatic carbocycles. The molecule has 2 saturated heterocycles. The van der Waals surface area contributed by atoms with Crippen molar-refractivity contribution in [2.75, 3.05) is 39.6 Å². The summed E-state index contributed by atoms with van der Waals surface area (Å²) in [7, 11) is -5.20. The Balaban J connectivity index is 1.97. The van der Waals surface area contributed by atoms with Crippen LogP contribution in [0.1, 0.15) is 213 Å². The molecule has 0 aromatic heterocycles. The summed E-state index contributed by atoms with van der Waals surface area (Å²) in [6, 6.07) is 0. The molecule has 438 valence electrons. The normalized spacial score (nSPS) is 25.5. The van der Waals surface area contributed by atoms with E-state index >= 15 is 0 Å². The number of hydrogen-bond donors (Lipinski definition) is 9. The van der Waals surface area contributed by atoms with Gasteiger partial charge in [-0.2, -0.15) is 0 Å². The number of hydrogen-bond acceptors (Lipinski definition) is 19. The van der Waals surface area contributed by atoms with Crippen LogP contribution in [0.5, 0.6) is 0 Å². The number of carbonyl (C=O) groups excluding carboxylic acids is 2. The minimum atomic E-state index is -5.20. The molecule has 0 aromatic carbocycles. The monoisotopic (exact) mass is 1090 g/mol. The lowest BCUT2D eigenvalue weighted by Gasteiger charge is -2.40. The number of unbranched alkanes of at least 4 members (excludes halogenated alkanes) is 27. The molecule has 9 N–H and O–H groups in total. The fraction of sp³-hybridized carbons (Fsp3) is 0.962. The lowest BCUT2D eigenvalue weighted by Crippen LogP contribution is -2.60. The lowest BCUT2D eigenvalue weighted by molar-refractivity contribution is -0.314. The number of rotatable bonds is 47. The van der Waals surface area contributed by atoms with Crippen LogP contribution in [0, 0.1) is 0 Å². The maximum atomic E-state index is 13.5. The number of aliphatic hydroxyl groups is 8. The summed E-state index contributed by atoms with van der Waals surface area (Å²) in [6.45, 7) is 0.111. The van der Waals surface area contributed by atoms with E-state index in [0.717, 1.165) is 51.4 Å². The molecule has 2 aliphatic rings. The van der Waals surface area contributed by atoms with Gasteiger partial charge in [0, 0.05) is 12.8 Å². The Labute approximate surface area is 442 Å². The fourth-order valence-corrected chi connectivity index (χ4v) is 9.96. The van der Waals surface area contributed by atoms with Crippen molar-refractivity contribution in [1.29, 1.82) is 0 Å². The first kappa shape index (κ1) is 68.7. The van der Waals surface area contributed by atoms with E-state index in [1.165, 1.54) is 122 Å². The van der Waals surface area contributed by atoms with Crippen LogP contribution < -0.4 is 0 Å². The van der Waals surface area contributed by atoms with Gasteiger partial charge in [-0.15, -0.1) is 0 Å². The average Bonchev–Trinajstić information content (AvgIpc) is 3.38. The summed E-state index contributed by atoms with van der Waals surface area (Å²) in [4.78, 5) is 36.9. The first-order chi connectivity index (χ1) is 35.7. The third kappa shape index (κ3) is 30.6. The average molecular weight is 1090 g/mol. The minimum absolute atomic E-state index is 0.0569. The van der Waals surface area contributed by atoms with Gasteiger partial charge in [0.05, 0.1) is 33.0 Å². The van der Waals surface area contributed by atoms with Crippen molar-refractivity contribution in [3.63, 3.8) is 0 Å². The number of aliphatic hydroxyl groups excluding tert-OH is 8. The maximum Gasteiger partial charge on any atom is 0.472 e. The van der Waals surface area contributed by atoms with Crippen molar-refractivity contribution < 1.29 is 97.4 Å². The van der Waals surface area contributed by atoms with Crippen molar-refractivity contribution in [2.24, 2.45) is 0 Å². The third-order valence-corrected chi connectivity index (χ3v) is 14.8. The van der Waals surface area contributed by atoms with Gasteiger partial charge in [-0.3, -0.25) is 18.6 Å². The predicted molar refractivity (Wildman–Crippen MR) is 275 cm³/mol. The van der Waals surface area contributed by atoms with Crippen LogP contribution in [-0.4, -0.2) is 171 Å². The van der Waals surface area contributed by atoms with Crippen LogP contribution in [-0.2, 0) is 51.6 Å². The van der Waals surface area contributed by atoms with Gasteiger partial charge in [0.25, 0.3) is 0 Å². The molecule has 2 aliphatic heterocycles. The highest BCUT2D eigenvalue weighted by Crippen LogP contribution is 2.45. The number of carbonyl (C=O) groups is 2. The standard InChI is InChI=1S/C53H101O20P/c1-3-5-7-9-11-13-15-17-18-19-21-22-24-26-28-30-32-44(56)66-36-40(70-45(57)33-31-29-27-25-23-20-16-14-12-10-8-6-4-2)39-69-74(64,65)73-41(37-67-52-50(62)48(60)46(58)42(34-54)71-52)38-68-53-51(63)49(61)47(59)43(35-55)72-53/h40-43,46-55,58-63H,3-39H2,1-2H3,(H,64,65)/t40-,42-,43-,46-,47-,48+,49+,50+,51+,52+,53+/m1/s1. The molecule has 2 heterocycles. The molecule has 0 saturated carbocycles. The summed E-state index contributed by atoms with van der Waals surface area (Å²) in [5, 5.41) is 81.1. The molecule has 0 aromatic rings. The summed E-state index contributed by atoms with van der Waals surface area (Å²) in [6.07, 6.45) is 13.9. The molecule has 0 bridgehead atoms. The Bertz CT molecular complexity index is 1390. The van der Waals surface area contributed by atoms with E-state index in [-0.39, 0.29) is 12.8 Å². The smallest absolute Gasteiger partial charge is 0.462 e. The van der Waals surface area contributed by atoms with E-state index in [1.54, 1.807) is 0 Å². The van der Waals surface area contributed by atoms with Gasteiger partial charge in [-0.25, -0.2) is 4.57 Å². The van der Waals surface area contributed by atoms with Crippen LogP contribution in [0.25, 0.3) is 0 Å². The summed E-state index contributed by atoms with van der Waals surface area (Å²) in [5.41, 5.74) is 0. The number of ether oxygens (including phenoxy) is 6. The molecule has 74 heavy (non-hydrogen) atoms. The predicted octanol–water partition coefficient (Wildman–Crippen LogP) is 6.71. The highest BCUT2D eigenvalue weighted by molar-refractivity contribution is 7.47. The first-order valence-corrected chi connectivity index (χ1v) is 30.0. The second kappa shape index (κ2) is 42.5. The van der Waals surface area contributed by atoms with Crippen molar-refractivity contribution in [3.05, 3.63) is 0 Å². The van der Waals surface area contributed by atoms with Crippen LogP contribution in [0.3, 0.4) is 0 Å². The van der Waals surface area contributed by atoms with Crippen LogP contribution in [0.15, 0.2) is 0 Å². The Morgan fingerprint density at radius 1 is 0.446 bits per heavy atom. The topological polar surface area (TPSA) is 307 Å². The Morgan fingerprint density at radius 3 is 1.14 bits per heavy atom. The number of esters is 2. The zero-order valence-corrected chi connectivity index (χ0v) is 45.9. The second-order valence-corrected chi connectivity index (χ2v) is 21.8. The molecule has 21 heteroatoms. The molecule has 0 radical (unpaired) electrons. The van der Waals surface area contributed by atoms with Crippen LogP contribution in [0.4, 0.5) is 0 Å². The van der Waals surface area contributed by atoms with E-state index < -0.39 is 133 Å². The molecule has 2 rings (SSSR count). The second-order valence-electron chi connectivity index (χ2n) is 20.4. The van der Waals surface area contributed by atoms with Crippen molar-refractivity contribution in [1.82, 2.24) is 0 Å². The van der Waals surface area contributed by atoms with E-state index in [1.807, 2.05) is 0 Å². The van der Waals surface area contributed by atoms with E-state index in [2.05, 4.69) is 13.8 Å². The highest BCUT2D eigenvalue weighted by atomic mass is 31.2. The van der Waals surface area contributed by atoms with Gasteiger partial charge in [0.15, 0.2) is 18.7 Å². The first-order valence-electron chi connectivity index (χ1n) is 28.5. The molecule has 1 unspecified atom stereocenters. The lowest BCUT2D eigenvalue weighted by atomic mass is 9.99. The molecular formula is C53H101O20P. The highest BCUT2D eigenvalue weighted by Gasteiger charge is 2.46. The molecule has 0 amide bonds. The van der Waals surface area contributed by atoms with Crippen LogP contribution in [0.2, 0.25) is 0 Å². The van der Waals surface area contributed by atoms with Crippen molar-refractivity contribution in [2.45, 2.75) is 287 Å². The van der Waals surface area contributed by atoms with Crippen molar-refractivity contribution >= 4 is 19.8 Å². The van der Waals surface area contributed by atoms with Gasteiger partial charge in [-0.1, -0.05) is 187 Å². The van der Waals surface area contributed by atoms with Gasteiger partial charge in [0.1, 0.15) is 61.5 Å². The number of phosphoric ester groups is 1. The van der Waals surface area contributed by atoms with E-state index in [4.69, 9.17) is 37.5 Å². The molecule has 12 atom stereocenters. The SMILES string of the molecule is CCCCCCCCCCCCCCCCCCC(=O)OC[C@H](COP(=O)(O)OC(CO[C@H]1O[C@H](CO)[C@@H](O)[C@H](O)[C@@H]1O)CO[C@H]1O[C@H](CO)[C@@H](O)[C@H](O)[C@@H]1O)OC(=O)CCCCCCCCCCCCCCC. The Kier molecular flexibility index (Phi) is 39.5. The maximum absolute atomic E-state index is 13.5. The summed E-state index contributed by atoms with van der Waals surface area (Å²) < 4.78 is 57.0. The van der Waals surface area contributed by atoms with Gasteiger partial charge >= 0.3 is 19.8 Å². The number of phosphoric acid groups is 1. The Morgan fingerprint density at radius 2 is 0.784 bits per heavy atom. The molecular weight excluding hydrogens is 988 g/mol. The fourth-order valence-electron chi connectivity index (χ4n) is 9.04. The summed E-state index contributed by atoms with van der Waals surface area (Å²) >= 11 is 0. The third-order valence-electron chi connectivity index (χ3n) is 13.7. The quantitative estimate of drug-likeness (QED) is 0.0174.